The highest BCUT2D eigenvalue weighted by Gasteiger charge is 2.09. The third-order valence-electron chi connectivity index (χ3n) is 1.74. The molecule has 1 aromatic rings. The zero-order chi connectivity index (χ0) is 9.84. The zero-order valence-corrected chi connectivity index (χ0v) is 10.0. The summed E-state index contributed by atoms with van der Waals surface area (Å²) in [5, 5.41) is 4.29. The van der Waals surface area contributed by atoms with Crippen molar-refractivity contribution in [3.05, 3.63) is 27.6 Å². The quantitative estimate of drug-likeness (QED) is 0.482. The van der Waals surface area contributed by atoms with Gasteiger partial charge in [-0.1, -0.05) is 6.08 Å². The molecule has 1 rings (SSSR count). The molecule has 0 amide bonds. The topological polar surface area (TPSA) is 27.1 Å². The molecule has 0 fully saturated rings. The normalized spacial score (nSPS) is 10.4. The Morgan fingerprint density at radius 1 is 1.69 bits per heavy atom. The maximum atomic E-state index is 5.36. The summed E-state index contributed by atoms with van der Waals surface area (Å²) in [5.74, 6) is 0. The Balaban J connectivity index is 2.69. The van der Waals surface area contributed by atoms with E-state index in [1.165, 1.54) is 3.57 Å². The molecule has 0 spiro atoms. The lowest BCUT2D eigenvalue weighted by atomic mass is 10.4. The van der Waals surface area contributed by atoms with E-state index in [1.54, 1.807) is 6.08 Å². The van der Waals surface area contributed by atoms with Gasteiger partial charge in [-0.25, -0.2) is 0 Å². The van der Waals surface area contributed by atoms with Crippen LogP contribution in [0.1, 0.15) is 11.4 Å². The van der Waals surface area contributed by atoms with E-state index in [-0.39, 0.29) is 0 Å². The van der Waals surface area contributed by atoms with Crippen molar-refractivity contribution in [1.82, 2.24) is 9.78 Å². The van der Waals surface area contributed by atoms with Crippen molar-refractivity contribution >= 4 is 22.6 Å². The average molecular weight is 292 g/mol. The molecule has 3 nitrogen and oxygen atoms in total. The second-order valence-electron chi connectivity index (χ2n) is 2.77. The largest absolute Gasteiger partial charge is 0.371 e. The van der Waals surface area contributed by atoms with E-state index in [2.05, 4.69) is 34.3 Å². The van der Waals surface area contributed by atoms with E-state index < -0.39 is 0 Å². The molecule has 0 atom stereocenters. The van der Waals surface area contributed by atoms with Gasteiger partial charge >= 0.3 is 0 Å². The van der Waals surface area contributed by atoms with Gasteiger partial charge in [0.05, 0.1) is 28.2 Å². The summed E-state index contributed by atoms with van der Waals surface area (Å²) < 4.78 is 8.41. The number of aryl methyl sites for hydroxylation is 2. The smallest absolute Gasteiger partial charge is 0.0899 e. The molecular formula is C9H13IN2O. The minimum Gasteiger partial charge on any atom is -0.371 e. The first kappa shape index (κ1) is 10.7. The van der Waals surface area contributed by atoms with Crippen LogP contribution in [0.15, 0.2) is 12.7 Å². The Labute approximate surface area is 91.9 Å². The van der Waals surface area contributed by atoms with Crippen LogP contribution in [0.2, 0.25) is 0 Å². The highest BCUT2D eigenvalue weighted by atomic mass is 127. The molecule has 0 bridgehead atoms. The second-order valence-corrected chi connectivity index (χ2v) is 3.85. The summed E-state index contributed by atoms with van der Waals surface area (Å²) >= 11 is 2.29. The van der Waals surface area contributed by atoms with Crippen molar-refractivity contribution in [3.8, 4) is 0 Å². The Bertz CT molecular complexity index is 307. The van der Waals surface area contributed by atoms with Gasteiger partial charge in [0.1, 0.15) is 0 Å². The number of aromatic nitrogens is 2. The summed E-state index contributed by atoms with van der Waals surface area (Å²) in [4.78, 5) is 0. The fraction of sp³-hybridized carbons (Fsp3) is 0.444. The van der Waals surface area contributed by atoms with Gasteiger partial charge in [0, 0.05) is 7.05 Å². The predicted molar refractivity (Wildman–Crippen MR) is 60.5 cm³/mol. The number of halogens is 1. The lowest BCUT2D eigenvalue weighted by molar-refractivity contribution is 0.142. The van der Waals surface area contributed by atoms with E-state index in [9.17, 15) is 0 Å². The van der Waals surface area contributed by atoms with Gasteiger partial charge in [-0.15, -0.1) is 6.58 Å². The lowest BCUT2D eigenvalue weighted by Gasteiger charge is -2.02. The molecule has 0 aromatic carbocycles. The Morgan fingerprint density at radius 2 is 2.38 bits per heavy atom. The first-order valence-corrected chi connectivity index (χ1v) is 5.11. The number of ether oxygens (including phenoxy) is 1. The summed E-state index contributed by atoms with van der Waals surface area (Å²) in [6.45, 7) is 6.77. The Hall–Kier alpha value is -0.360. The van der Waals surface area contributed by atoms with Crippen LogP contribution in [0, 0.1) is 10.5 Å². The van der Waals surface area contributed by atoms with Crippen molar-refractivity contribution in [2.75, 3.05) is 6.61 Å². The number of rotatable bonds is 4. The first-order valence-electron chi connectivity index (χ1n) is 4.03. The van der Waals surface area contributed by atoms with Crippen molar-refractivity contribution < 1.29 is 4.74 Å². The minimum absolute atomic E-state index is 0.584. The highest BCUT2D eigenvalue weighted by molar-refractivity contribution is 14.1. The van der Waals surface area contributed by atoms with Gasteiger partial charge in [-0.05, 0) is 29.5 Å². The molecule has 0 radical (unpaired) electrons. The maximum absolute atomic E-state index is 5.36. The molecule has 0 aliphatic rings. The number of hydrogen-bond acceptors (Lipinski definition) is 2. The van der Waals surface area contributed by atoms with Crippen LogP contribution in [-0.2, 0) is 18.4 Å². The molecule has 72 valence electrons. The monoisotopic (exact) mass is 292 g/mol. The second kappa shape index (κ2) is 4.76. The van der Waals surface area contributed by atoms with Gasteiger partial charge in [0.25, 0.3) is 0 Å². The third kappa shape index (κ3) is 2.54. The van der Waals surface area contributed by atoms with Gasteiger partial charge in [-0.2, -0.15) is 5.10 Å². The van der Waals surface area contributed by atoms with Gasteiger partial charge in [-0.3, -0.25) is 4.68 Å². The molecule has 0 saturated carbocycles. The fourth-order valence-corrected chi connectivity index (χ4v) is 1.69. The summed E-state index contributed by atoms with van der Waals surface area (Å²) in [6.07, 6.45) is 1.75. The van der Waals surface area contributed by atoms with Crippen molar-refractivity contribution in [2.45, 2.75) is 13.5 Å². The van der Waals surface area contributed by atoms with Gasteiger partial charge in [0.15, 0.2) is 0 Å². The third-order valence-corrected chi connectivity index (χ3v) is 3.14. The molecule has 0 N–H and O–H groups in total. The van der Waals surface area contributed by atoms with Crippen molar-refractivity contribution in [1.29, 1.82) is 0 Å². The molecule has 0 saturated heterocycles. The minimum atomic E-state index is 0.584. The molecule has 1 aromatic heterocycles. The fourth-order valence-electron chi connectivity index (χ4n) is 1.08. The Morgan fingerprint density at radius 3 is 2.85 bits per heavy atom. The van der Waals surface area contributed by atoms with Crippen LogP contribution in [-0.4, -0.2) is 16.4 Å². The van der Waals surface area contributed by atoms with Gasteiger partial charge < -0.3 is 4.74 Å². The molecule has 1 heterocycles. The van der Waals surface area contributed by atoms with Crippen LogP contribution in [0.5, 0.6) is 0 Å². The standard InChI is InChI=1S/C9H13IN2O/c1-4-5-13-6-8-9(10)7(2)11-12(8)3/h4H,1,5-6H2,2-3H3. The Kier molecular flexibility index (Phi) is 3.92. The van der Waals surface area contributed by atoms with E-state index in [1.807, 2.05) is 18.7 Å². The van der Waals surface area contributed by atoms with E-state index >= 15 is 0 Å². The van der Waals surface area contributed by atoms with Crippen molar-refractivity contribution in [2.24, 2.45) is 7.05 Å². The van der Waals surface area contributed by atoms with E-state index in [0.717, 1.165) is 11.4 Å². The molecule has 0 aliphatic heterocycles. The van der Waals surface area contributed by atoms with E-state index in [4.69, 9.17) is 4.74 Å². The molecular weight excluding hydrogens is 279 g/mol. The van der Waals surface area contributed by atoms with Crippen LogP contribution in [0.4, 0.5) is 0 Å². The zero-order valence-electron chi connectivity index (χ0n) is 7.88. The lowest BCUT2D eigenvalue weighted by Crippen LogP contribution is -2.02. The molecule has 13 heavy (non-hydrogen) atoms. The summed E-state index contributed by atoms with van der Waals surface area (Å²) in [6, 6.07) is 0. The van der Waals surface area contributed by atoms with Gasteiger partial charge in [0.2, 0.25) is 0 Å². The SMILES string of the molecule is C=CCOCc1c(I)c(C)nn1C. The maximum Gasteiger partial charge on any atom is 0.0899 e. The van der Waals surface area contributed by atoms with Crippen LogP contribution in [0.25, 0.3) is 0 Å². The van der Waals surface area contributed by atoms with Crippen LogP contribution in [0.3, 0.4) is 0 Å². The van der Waals surface area contributed by atoms with Crippen LogP contribution >= 0.6 is 22.6 Å². The molecule has 4 heteroatoms. The summed E-state index contributed by atoms with van der Waals surface area (Å²) in [5.41, 5.74) is 2.18. The first-order chi connectivity index (χ1) is 6.16. The average Bonchev–Trinajstić information content (AvgIpc) is 2.32. The number of nitrogens with zero attached hydrogens (tertiary/aromatic N) is 2. The summed E-state index contributed by atoms with van der Waals surface area (Å²) in [7, 11) is 1.93. The molecule has 0 aliphatic carbocycles. The van der Waals surface area contributed by atoms with E-state index in [0.29, 0.717) is 13.2 Å². The predicted octanol–water partition coefficient (Wildman–Crippen LogP) is 2.04. The van der Waals surface area contributed by atoms with Crippen LogP contribution < -0.4 is 0 Å². The number of hydrogen-bond donors (Lipinski definition) is 0. The van der Waals surface area contributed by atoms with Crippen molar-refractivity contribution in [3.63, 3.8) is 0 Å². The molecule has 0 unspecified atom stereocenters. The highest BCUT2D eigenvalue weighted by Crippen LogP contribution is 2.16.